The van der Waals surface area contributed by atoms with Gasteiger partial charge >= 0.3 is 6.09 Å². The first-order valence-electron chi connectivity index (χ1n) is 7.40. The first kappa shape index (κ1) is 15.4. The summed E-state index contributed by atoms with van der Waals surface area (Å²) in [7, 11) is 0. The van der Waals surface area contributed by atoms with E-state index >= 15 is 0 Å². The quantitative estimate of drug-likeness (QED) is 0.783. The van der Waals surface area contributed by atoms with Crippen LogP contribution in [0.2, 0.25) is 0 Å². The van der Waals surface area contributed by atoms with Crippen molar-refractivity contribution < 1.29 is 9.53 Å². The van der Waals surface area contributed by atoms with Gasteiger partial charge in [-0.3, -0.25) is 0 Å². The van der Waals surface area contributed by atoms with Crippen LogP contribution in [0.15, 0.2) is 24.3 Å². The van der Waals surface area contributed by atoms with E-state index in [9.17, 15) is 4.79 Å². The molecule has 1 amide bonds. The fraction of sp³-hybridized carbons (Fsp3) is 0.529. The third-order valence-electron chi connectivity index (χ3n) is 3.56. The topological polar surface area (TPSA) is 53.3 Å². The summed E-state index contributed by atoms with van der Waals surface area (Å²) in [5.41, 5.74) is 1.22. The third kappa shape index (κ3) is 3.98. The maximum atomic E-state index is 12.4. The van der Waals surface area contributed by atoms with Crippen molar-refractivity contribution in [3.8, 4) is 6.07 Å². The van der Waals surface area contributed by atoms with Crippen molar-refractivity contribution >= 4 is 6.09 Å². The zero-order chi connectivity index (χ0) is 15.5. The van der Waals surface area contributed by atoms with E-state index in [2.05, 4.69) is 6.07 Å². The Morgan fingerprint density at radius 3 is 2.52 bits per heavy atom. The van der Waals surface area contributed by atoms with Crippen LogP contribution in [-0.2, 0) is 4.74 Å². The van der Waals surface area contributed by atoms with Crippen molar-refractivity contribution in [1.82, 2.24) is 4.90 Å². The highest BCUT2D eigenvalue weighted by molar-refractivity contribution is 5.69. The highest BCUT2D eigenvalue weighted by Gasteiger charge is 2.31. The van der Waals surface area contributed by atoms with Crippen molar-refractivity contribution in [2.45, 2.75) is 51.7 Å². The summed E-state index contributed by atoms with van der Waals surface area (Å²) in [6, 6.07) is 9.64. The molecule has 0 unspecified atom stereocenters. The molecule has 4 heteroatoms. The highest BCUT2D eigenvalue weighted by atomic mass is 16.6. The number of nitrogens with zero attached hydrogens (tertiary/aromatic N) is 2. The van der Waals surface area contributed by atoms with Gasteiger partial charge < -0.3 is 9.64 Å². The van der Waals surface area contributed by atoms with Crippen LogP contribution in [0.5, 0.6) is 0 Å². The first-order valence-corrected chi connectivity index (χ1v) is 7.40. The van der Waals surface area contributed by atoms with Crippen LogP contribution in [0.4, 0.5) is 4.79 Å². The molecule has 0 aliphatic carbocycles. The molecule has 1 saturated heterocycles. The molecule has 1 aliphatic heterocycles. The molecule has 0 bridgehead atoms. The molecule has 1 atom stereocenters. The number of amides is 1. The Balaban J connectivity index is 2.18. The zero-order valence-electron chi connectivity index (χ0n) is 12.9. The van der Waals surface area contributed by atoms with Gasteiger partial charge in [-0.05, 0) is 57.7 Å². The fourth-order valence-electron chi connectivity index (χ4n) is 2.60. The first-order chi connectivity index (χ1) is 9.90. The van der Waals surface area contributed by atoms with Gasteiger partial charge in [-0.1, -0.05) is 12.1 Å². The molecule has 2 rings (SSSR count). The molecule has 0 saturated carbocycles. The van der Waals surface area contributed by atoms with E-state index in [4.69, 9.17) is 10.00 Å². The van der Waals surface area contributed by atoms with Crippen LogP contribution in [-0.4, -0.2) is 23.1 Å². The Labute approximate surface area is 126 Å². The van der Waals surface area contributed by atoms with Crippen molar-refractivity contribution in [2.24, 2.45) is 0 Å². The summed E-state index contributed by atoms with van der Waals surface area (Å²) < 4.78 is 5.51. The predicted octanol–water partition coefficient (Wildman–Crippen LogP) is 4.02. The molecule has 1 heterocycles. The minimum atomic E-state index is -0.482. The van der Waals surface area contributed by atoms with E-state index in [1.807, 2.05) is 37.8 Å². The van der Waals surface area contributed by atoms with Crippen LogP contribution in [0.25, 0.3) is 0 Å². The number of hydrogen-bond acceptors (Lipinski definition) is 3. The Morgan fingerprint density at radius 1 is 1.29 bits per heavy atom. The number of rotatable bonds is 1. The Morgan fingerprint density at radius 2 is 1.95 bits per heavy atom. The van der Waals surface area contributed by atoms with E-state index in [0.717, 1.165) is 31.4 Å². The molecule has 0 radical (unpaired) electrons. The van der Waals surface area contributed by atoms with Crippen molar-refractivity contribution in [2.75, 3.05) is 6.54 Å². The number of likely N-dealkylation sites (tertiary alicyclic amines) is 1. The predicted molar refractivity (Wildman–Crippen MR) is 80.7 cm³/mol. The molecule has 4 nitrogen and oxygen atoms in total. The second-order valence-corrected chi connectivity index (χ2v) is 6.42. The Bertz CT molecular complexity index is 537. The van der Waals surface area contributed by atoms with Crippen LogP contribution >= 0.6 is 0 Å². The molecule has 112 valence electrons. The summed E-state index contributed by atoms with van der Waals surface area (Å²) >= 11 is 0. The standard InChI is InChI=1S/C17H22N2O2/c1-17(2,3)21-16(20)19-11-5-4-6-15(19)14-9-7-13(12-18)8-10-14/h7-10,15H,4-6,11H2,1-3H3/t15-/m1/s1. The minimum absolute atomic E-state index is 0.0429. The van der Waals surface area contributed by atoms with Gasteiger partial charge in [-0.15, -0.1) is 0 Å². The molecule has 1 fully saturated rings. The van der Waals surface area contributed by atoms with Crippen LogP contribution < -0.4 is 0 Å². The summed E-state index contributed by atoms with van der Waals surface area (Å²) in [5, 5.41) is 8.87. The monoisotopic (exact) mass is 286 g/mol. The molecule has 1 aromatic carbocycles. The average Bonchev–Trinajstić information content (AvgIpc) is 2.45. The number of carbonyl (C=O) groups excluding carboxylic acids is 1. The van der Waals surface area contributed by atoms with Gasteiger partial charge in [-0.2, -0.15) is 5.26 Å². The van der Waals surface area contributed by atoms with Crippen molar-refractivity contribution in [3.63, 3.8) is 0 Å². The van der Waals surface area contributed by atoms with Gasteiger partial charge in [0.1, 0.15) is 5.60 Å². The lowest BCUT2D eigenvalue weighted by molar-refractivity contribution is 0.00951. The maximum absolute atomic E-state index is 12.4. The molecule has 1 aliphatic rings. The maximum Gasteiger partial charge on any atom is 0.410 e. The van der Waals surface area contributed by atoms with Crippen molar-refractivity contribution in [3.05, 3.63) is 35.4 Å². The number of hydrogen-bond donors (Lipinski definition) is 0. The number of nitriles is 1. The molecular weight excluding hydrogens is 264 g/mol. The fourth-order valence-corrected chi connectivity index (χ4v) is 2.60. The molecule has 0 N–H and O–H groups in total. The lowest BCUT2D eigenvalue weighted by atomic mass is 9.95. The normalized spacial score (nSPS) is 19.0. The third-order valence-corrected chi connectivity index (χ3v) is 3.56. The smallest absolute Gasteiger partial charge is 0.410 e. The number of ether oxygens (including phenoxy) is 1. The van der Waals surface area contributed by atoms with Gasteiger partial charge in [-0.25, -0.2) is 4.79 Å². The van der Waals surface area contributed by atoms with E-state index < -0.39 is 5.60 Å². The van der Waals surface area contributed by atoms with E-state index in [0.29, 0.717) is 5.56 Å². The van der Waals surface area contributed by atoms with E-state index in [1.54, 1.807) is 12.1 Å². The van der Waals surface area contributed by atoms with Gasteiger partial charge in [0, 0.05) is 6.54 Å². The number of benzene rings is 1. The zero-order valence-corrected chi connectivity index (χ0v) is 12.9. The lowest BCUT2D eigenvalue weighted by Gasteiger charge is -2.37. The summed E-state index contributed by atoms with van der Waals surface area (Å²) in [5.74, 6) is 0. The summed E-state index contributed by atoms with van der Waals surface area (Å²) in [4.78, 5) is 14.2. The van der Waals surface area contributed by atoms with E-state index in [1.165, 1.54) is 0 Å². The molecule has 0 aromatic heterocycles. The SMILES string of the molecule is CC(C)(C)OC(=O)N1CCCC[C@@H]1c1ccc(C#N)cc1. The minimum Gasteiger partial charge on any atom is -0.444 e. The largest absolute Gasteiger partial charge is 0.444 e. The van der Waals surface area contributed by atoms with Gasteiger partial charge in [0.15, 0.2) is 0 Å². The average molecular weight is 286 g/mol. The van der Waals surface area contributed by atoms with E-state index in [-0.39, 0.29) is 12.1 Å². The second-order valence-electron chi connectivity index (χ2n) is 6.42. The summed E-state index contributed by atoms with van der Waals surface area (Å²) in [6.45, 7) is 6.36. The number of carbonyl (C=O) groups is 1. The lowest BCUT2D eigenvalue weighted by Crippen LogP contribution is -2.41. The summed E-state index contributed by atoms with van der Waals surface area (Å²) in [6.07, 6.45) is 2.79. The van der Waals surface area contributed by atoms with Gasteiger partial charge in [0.05, 0.1) is 17.7 Å². The number of piperidine rings is 1. The Kier molecular flexibility index (Phi) is 4.52. The van der Waals surface area contributed by atoms with Crippen molar-refractivity contribution in [1.29, 1.82) is 5.26 Å². The van der Waals surface area contributed by atoms with Gasteiger partial charge in [0.25, 0.3) is 0 Å². The molecule has 1 aromatic rings. The van der Waals surface area contributed by atoms with Crippen LogP contribution in [0, 0.1) is 11.3 Å². The van der Waals surface area contributed by atoms with Gasteiger partial charge in [0.2, 0.25) is 0 Å². The molecule has 0 spiro atoms. The Hall–Kier alpha value is -2.02. The highest BCUT2D eigenvalue weighted by Crippen LogP contribution is 2.32. The molecular formula is C17H22N2O2. The van der Waals surface area contributed by atoms with Crippen LogP contribution in [0.3, 0.4) is 0 Å². The van der Waals surface area contributed by atoms with Crippen LogP contribution in [0.1, 0.15) is 57.2 Å². The second kappa shape index (κ2) is 6.17. The molecule has 21 heavy (non-hydrogen) atoms.